The first-order chi connectivity index (χ1) is 12.1. The molecule has 0 saturated heterocycles. The maximum Gasteiger partial charge on any atom is 0.320 e. The number of aliphatic carboxylic acids is 1. The number of carbonyl (C=O) groups excluding carboxylic acids is 1. The van der Waals surface area contributed by atoms with Crippen LogP contribution in [0.2, 0.25) is 0 Å². The van der Waals surface area contributed by atoms with Gasteiger partial charge in [-0.05, 0) is 18.4 Å². The van der Waals surface area contributed by atoms with E-state index < -0.39 is 12.0 Å². The summed E-state index contributed by atoms with van der Waals surface area (Å²) in [6.45, 7) is 0.352. The standard InChI is InChI=1S/C20H31NO4/c21-18(20(23)24)14-10-5-3-1-2-4-6-11-15-19(22)25-16-17-12-8-7-9-13-17/h7-9,12-13,18H,1-6,10-11,14-16,21H2,(H,23,24). The number of esters is 1. The van der Waals surface area contributed by atoms with Crippen LogP contribution in [0.25, 0.3) is 0 Å². The Morgan fingerprint density at radius 3 is 2.08 bits per heavy atom. The third-order valence-corrected chi connectivity index (χ3v) is 4.21. The first-order valence-electron chi connectivity index (χ1n) is 9.27. The SMILES string of the molecule is NC(CCCCCCCCCCC(=O)OCc1ccccc1)C(=O)O. The Morgan fingerprint density at radius 2 is 1.48 bits per heavy atom. The second-order valence-corrected chi connectivity index (χ2v) is 6.46. The highest BCUT2D eigenvalue weighted by atomic mass is 16.5. The third-order valence-electron chi connectivity index (χ3n) is 4.21. The molecule has 140 valence electrons. The van der Waals surface area contributed by atoms with Gasteiger partial charge in [-0.2, -0.15) is 0 Å². The Bertz CT molecular complexity index is 490. The minimum atomic E-state index is -0.915. The van der Waals surface area contributed by atoms with Crippen LogP contribution < -0.4 is 5.73 Å². The van der Waals surface area contributed by atoms with E-state index in [1.54, 1.807) is 0 Å². The van der Waals surface area contributed by atoms with E-state index >= 15 is 0 Å². The zero-order valence-electron chi connectivity index (χ0n) is 15.0. The fourth-order valence-corrected chi connectivity index (χ4v) is 2.63. The van der Waals surface area contributed by atoms with E-state index in [2.05, 4.69) is 0 Å². The van der Waals surface area contributed by atoms with E-state index in [-0.39, 0.29) is 5.97 Å². The highest BCUT2D eigenvalue weighted by Gasteiger charge is 2.09. The van der Waals surface area contributed by atoms with Gasteiger partial charge in [-0.15, -0.1) is 0 Å². The summed E-state index contributed by atoms with van der Waals surface area (Å²) in [6, 6.07) is 8.98. The zero-order chi connectivity index (χ0) is 18.3. The molecule has 0 aliphatic heterocycles. The number of carboxylic acid groups (broad SMARTS) is 1. The summed E-state index contributed by atoms with van der Waals surface area (Å²) >= 11 is 0. The minimum Gasteiger partial charge on any atom is -0.480 e. The van der Waals surface area contributed by atoms with Crippen LogP contribution in [0.15, 0.2) is 30.3 Å². The summed E-state index contributed by atoms with van der Waals surface area (Å²) in [7, 11) is 0. The summed E-state index contributed by atoms with van der Waals surface area (Å²) in [5, 5.41) is 8.68. The quantitative estimate of drug-likeness (QED) is 0.391. The van der Waals surface area contributed by atoms with Gasteiger partial charge in [0.25, 0.3) is 0 Å². The first-order valence-corrected chi connectivity index (χ1v) is 9.27. The van der Waals surface area contributed by atoms with Crippen molar-refractivity contribution in [3.05, 3.63) is 35.9 Å². The van der Waals surface area contributed by atoms with Crippen LogP contribution in [0, 0.1) is 0 Å². The molecule has 25 heavy (non-hydrogen) atoms. The highest BCUT2D eigenvalue weighted by molar-refractivity contribution is 5.72. The normalized spacial score (nSPS) is 11.9. The molecule has 0 aliphatic rings. The van der Waals surface area contributed by atoms with Crippen LogP contribution >= 0.6 is 0 Å². The van der Waals surface area contributed by atoms with Crippen LogP contribution in [-0.4, -0.2) is 23.1 Å². The fourth-order valence-electron chi connectivity index (χ4n) is 2.63. The second kappa shape index (κ2) is 13.4. The molecule has 0 spiro atoms. The number of carboxylic acids is 1. The molecular formula is C20H31NO4. The van der Waals surface area contributed by atoms with E-state index in [0.29, 0.717) is 19.4 Å². The zero-order valence-corrected chi connectivity index (χ0v) is 15.0. The predicted molar refractivity (Wildman–Crippen MR) is 98.0 cm³/mol. The van der Waals surface area contributed by atoms with Crippen LogP contribution in [0.5, 0.6) is 0 Å². The fraction of sp³-hybridized carbons (Fsp3) is 0.600. The predicted octanol–water partition coefficient (Wildman–Crippen LogP) is 4.04. The number of hydrogen-bond acceptors (Lipinski definition) is 4. The number of nitrogens with two attached hydrogens (primary N) is 1. The van der Waals surface area contributed by atoms with Gasteiger partial charge >= 0.3 is 11.9 Å². The van der Waals surface area contributed by atoms with Gasteiger partial charge in [0.2, 0.25) is 0 Å². The molecular weight excluding hydrogens is 318 g/mol. The lowest BCUT2D eigenvalue weighted by Gasteiger charge is -2.06. The van der Waals surface area contributed by atoms with Crippen molar-refractivity contribution in [2.24, 2.45) is 5.73 Å². The average Bonchev–Trinajstić information content (AvgIpc) is 2.62. The molecule has 3 N–H and O–H groups in total. The Kier molecular flexibility index (Phi) is 11.4. The molecule has 5 nitrogen and oxygen atoms in total. The molecule has 1 rings (SSSR count). The summed E-state index contributed by atoms with van der Waals surface area (Å²) in [4.78, 5) is 22.2. The number of ether oxygens (including phenoxy) is 1. The van der Waals surface area contributed by atoms with Crippen LogP contribution in [0.3, 0.4) is 0 Å². The van der Waals surface area contributed by atoms with Crippen molar-refractivity contribution >= 4 is 11.9 Å². The lowest BCUT2D eigenvalue weighted by molar-refractivity contribution is -0.145. The molecule has 0 amide bonds. The molecule has 0 radical (unpaired) electrons. The van der Waals surface area contributed by atoms with Gasteiger partial charge in [-0.1, -0.05) is 75.3 Å². The van der Waals surface area contributed by atoms with E-state index in [4.69, 9.17) is 15.6 Å². The molecule has 5 heteroatoms. The van der Waals surface area contributed by atoms with Gasteiger partial charge < -0.3 is 15.6 Å². The Balaban J connectivity index is 1.86. The lowest BCUT2D eigenvalue weighted by Crippen LogP contribution is -2.29. The van der Waals surface area contributed by atoms with Gasteiger partial charge in [0.05, 0.1) is 0 Å². The van der Waals surface area contributed by atoms with Gasteiger partial charge in [0, 0.05) is 6.42 Å². The summed E-state index contributed by atoms with van der Waals surface area (Å²) in [5.41, 5.74) is 6.47. The molecule has 0 aromatic heterocycles. The van der Waals surface area contributed by atoms with Crippen molar-refractivity contribution in [1.82, 2.24) is 0 Å². The number of carbonyl (C=O) groups is 2. The summed E-state index contributed by atoms with van der Waals surface area (Å²) < 4.78 is 5.25. The van der Waals surface area contributed by atoms with Crippen molar-refractivity contribution in [2.75, 3.05) is 0 Å². The average molecular weight is 349 g/mol. The van der Waals surface area contributed by atoms with Crippen LogP contribution in [0.4, 0.5) is 0 Å². The molecule has 0 aliphatic carbocycles. The van der Waals surface area contributed by atoms with Crippen molar-refractivity contribution in [3.8, 4) is 0 Å². The molecule has 0 heterocycles. The topological polar surface area (TPSA) is 89.6 Å². The van der Waals surface area contributed by atoms with Crippen molar-refractivity contribution in [2.45, 2.75) is 76.9 Å². The number of hydrogen-bond donors (Lipinski definition) is 2. The van der Waals surface area contributed by atoms with E-state index in [9.17, 15) is 9.59 Å². The van der Waals surface area contributed by atoms with Gasteiger partial charge in [0.1, 0.15) is 12.6 Å². The van der Waals surface area contributed by atoms with Crippen molar-refractivity contribution in [1.29, 1.82) is 0 Å². The van der Waals surface area contributed by atoms with Gasteiger partial charge in [0.15, 0.2) is 0 Å². The lowest BCUT2D eigenvalue weighted by atomic mass is 10.0. The molecule has 0 bridgehead atoms. The Hall–Kier alpha value is -1.88. The molecule has 1 aromatic rings. The van der Waals surface area contributed by atoms with Gasteiger partial charge in [-0.25, -0.2) is 0 Å². The Labute approximate surface area is 150 Å². The highest BCUT2D eigenvalue weighted by Crippen LogP contribution is 2.12. The molecule has 1 aromatic carbocycles. The third kappa shape index (κ3) is 11.3. The van der Waals surface area contributed by atoms with E-state index in [0.717, 1.165) is 56.9 Å². The number of rotatable bonds is 14. The van der Waals surface area contributed by atoms with Crippen molar-refractivity contribution in [3.63, 3.8) is 0 Å². The molecule has 0 saturated carbocycles. The maximum absolute atomic E-state index is 11.7. The van der Waals surface area contributed by atoms with E-state index in [1.165, 1.54) is 0 Å². The van der Waals surface area contributed by atoms with Crippen molar-refractivity contribution < 1.29 is 19.4 Å². The van der Waals surface area contributed by atoms with E-state index in [1.807, 2.05) is 30.3 Å². The maximum atomic E-state index is 11.7. The molecule has 1 unspecified atom stereocenters. The minimum absolute atomic E-state index is 0.126. The number of unbranched alkanes of at least 4 members (excludes halogenated alkanes) is 7. The monoisotopic (exact) mass is 349 g/mol. The molecule has 0 fully saturated rings. The smallest absolute Gasteiger partial charge is 0.320 e. The number of benzene rings is 1. The Morgan fingerprint density at radius 1 is 0.920 bits per heavy atom. The van der Waals surface area contributed by atoms with Gasteiger partial charge in [-0.3, -0.25) is 9.59 Å². The van der Waals surface area contributed by atoms with Crippen LogP contribution in [-0.2, 0) is 20.9 Å². The summed E-state index contributed by atoms with van der Waals surface area (Å²) in [5.74, 6) is -1.04. The molecule has 1 atom stereocenters. The summed E-state index contributed by atoms with van der Waals surface area (Å²) in [6.07, 6.45) is 9.43. The first kappa shape index (κ1) is 21.2. The second-order valence-electron chi connectivity index (χ2n) is 6.46. The van der Waals surface area contributed by atoms with Crippen LogP contribution in [0.1, 0.15) is 69.8 Å². The largest absolute Gasteiger partial charge is 0.480 e.